The highest BCUT2D eigenvalue weighted by Gasteiger charge is 2.18. The van der Waals surface area contributed by atoms with Crippen molar-refractivity contribution in [2.75, 3.05) is 10.2 Å². The number of benzene rings is 18. The smallest absolute Gasteiger partial charge is 0.143 e. The lowest BCUT2D eigenvalue weighted by molar-refractivity contribution is 0.669. The van der Waals surface area contributed by atoms with Gasteiger partial charge in [0.15, 0.2) is 0 Å². The summed E-state index contributed by atoms with van der Waals surface area (Å²) in [5.74, 6) is 0. The van der Waals surface area contributed by atoms with E-state index in [0.717, 1.165) is 99.0 Å². The Kier molecular flexibility index (Phi) is 18.7. The van der Waals surface area contributed by atoms with Gasteiger partial charge in [-0.1, -0.05) is 356 Å². The molecule has 0 unspecified atom stereocenters. The lowest BCUT2D eigenvalue weighted by atomic mass is 9.96. The summed E-state index contributed by atoms with van der Waals surface area (Å²) in [6.07, 6.45) is 0. The predicted octanol–water partition coefficient (Wildman–Crippen LogP) is 30.5. The average molecular weight is 1460 g/mol. The fourth-order valence-electron chi connectivity index (χ4n) is 15.0. The molecule has 5 heteroatoms. The van der Waals surface area contributed by atoms with Gasteiger partial charge in [-0.15, -0.1) is 0 Å². The fraction of sp³-hybridized carbons (Fsp3) is 0. The third-order valence-corrected chi connectivity index (χ3v) is 21.0. The van der Waals surface area contributed by atoms with Gasteiger partial charge in [0.25, 0.3) is 0 Å². The molecular weight excluding hydrogens is 1390 g/mol. The summed E-state index contributed by atoms with van der Waals surface area (Å²) in [6, 6.07) is 150. The number of furan rings is 2. The van der Waals surface area contributed by atoms with Crippen molar-refractivity contribution in [2.45, 2.75) is 0 Å². The second-order valence-electron chi connectivity index (χ2n) is 27.3. The van der Waals surface area contributed by atoms with Crippen LogP contribution in [0.4, 0.5) is 28.4 Å². The maximum absolute atomic E-state index is 6.39. The Bertz CT molecular complexity index is 6580. The van der Waals surface area contributed by atoms with Crippen LogP contribution in [0.2, 0.25) is 0 Å². The number of fused-ring (bicyclic) bond motifs is 8. The summed E-state index contributed by atoms with van der Waals surface area (Å²) in [5.41, 5.74) is 28.1. The first-order valence-corrected chi connectivity index (χ1v) is 37.6. The van der Waals surface area contributed by atoms with E-state index >= 15 is 0 Å². The summed E-state index contributed by atoms with van der Waals surface area (Å²) in [5, 5.41) is 13.2. The van der Waals surface area contributed by atoms with Crippen LogP contribution >= 0.6 is 15.9 Å². The van der Waals surface area contributed by atoms with E-state index in [1.807, 2.05) is 42.5 Å². The molecule has 0 saturated heterocycles. The van der Waals surface area contributed by atoms with E-state index in [-0.39, 0.29) is 0 Å². The molecular formula is C104H71BrN2O2. The van der Waals surface area contributed by atoms with Crippen molar-refractivity contribution in [2.24, 2.45) is 0 Å². The molecule has 18 aromatic carbocycles. The van der Waals surface area contributed by atoms with Gasteiger partial charge in [0.05, 0.1) is 0 Å². The molecule has 2 heterocycles. The molecule has 0 radical (unpaired) electrons. The molecule has 0 saturated carbocycles. The topological polar surface area (TPSA) is 41.6 Å². The van der Waals surface area contributed by atoms with E-state index in [2.05, 4.69) is 408 Å². The lowest BCUT2D eigenvalue weighted by Gasteiger charge is -2.26. The Morgan fingerprint density at radius 1 is 0.202 bits per heavy atom. The molecule has 4 nitrogen and oxygen atoms in total. The molecule has 20 aromatic rings. The van der Waals surface area contributed by atoms with Gasteiger partial charge in [-0.2, -0.15) is 0 Å². The largest absolute Gasteiger partial charge is 0.455 e. The molecule has 0 bridgehead atoms. The van der Waals surface area contributed by atoms with Gasteiger partial charge in [-0.05, 0) is 184 Å². The number of nitrogens with one attached hydrogen (secondary N) is 1. The normalized spacial score (nSPS) is 11.2. The first kappa shape index (κ1) is 67.1. The number of para-hydroxylation sites is 4. The summed E-state index contributed by atoms with van der Waals surface area (Å²) < 4.78 is 13.8. The van der Waals surface area contributed by atoms with Gasteiger partial charge >= 0.3 is 0 Å². The zero-order valence-electron chi connectivity index (χ0n) is 59.6. The highest BCUT2D eigenvalue weighted by Crippen LogP contribution is 2.43. The van der Waals surface area contributed by atoms with Crippen LogP contribution in [-0.2, 0) is 0 Å². The lowest BCUT2D eigenvalue weighted by Crippen LogP contribution is -2.10. The minimum atomic E-state index is 0.908. The van der Waals surface area contributed by atoms with Crippen molar-refractivity contribution >= 4 is 110 Å². The summed E-state index contributed by atoms with van der Waals surface area (Å²) in [4.78, 5) is 2.34. The van der Waals surface area contributed by atoms with Gasteiger partial charge < -0.3 is 19.1 Å². The Morgan fingerprint density at radius 3 is 0.972 bits per heavy atom. The molecule has 1 N–H and O–H groups in total. The highest BCUT2D eigenvalue weighted by atomic mass is 79.9. The van der Waals surface area contributed by atoms with Crippen LogP contribution in [0.5, 0.6) is 0 Å². The molecule has 109 heavy (non-hydrogen) atoms. The fourth-order valence-corrected chi connectivity index (χ4v) is 15.4. The van der Waals surface area contributed by atoms with Crippen LogP contribution in [-0.4, -0.2) is 0 Å². The van der Waals surface area contributed by atoms with Gasteiger partial charge in [-0.3, -0.25) is 0 Å². The van der Waals surface area contributed by atoms with Crippen molar-refractivity contribution < 1.29 is 8.83 Å². The van der Waals surface area contributed by atoms with Gasteiger partial charge in [-0.25, -0.2) is 0 Å². The zero-order valence-corrected chi connectivity index (χ0v) is 61.1. The van der Waals surface area contributed by atoms with E-state index in [1.54, 1.807) is 0 Å². The van der Waals surface area contributed by atoms with Crippen molar-refractivity contribution in [3.63, 3.8) is 0 Å². The SMILES string of the molecule is Brc1cccc(-c2ccccc2)c1.c1ccc(-c2cccc(N(c3ccc(-c4ccc(-c5cccc6ccccc56)cc4)cc3)c3ccc(-c4cccc5c4oc4ccccc45)cc3)c2)cc1.c1ccc2c(-c3ccc(-c4ccc(Nc5ccc(-c6cccc7c6oc6ccccc67)cc5)cc4)cc3)cccc2c1. The third kappa shape index (κ3) is 14.1. The number of anilines is 5. The monoisotopic (exact) mass is 1460 g/mol. The molecule has 0 aliphatic carbocycles. The minimum Gasteiger partial charge on any atom is -0.455 e. The second-order valence-corrected chi connectivity index (χ2v) is 28.2. The second kappa shape index (κ2) is 30.3. The van der Waals surface area contributed by atoms with Crippen LogP contribution < -0.4 is 10.2 Å². The van der Waals surface area contributed by atoms with Crippen LogP contribution in [0.15, 0.2) is 438 Å². The Labute approximate surface area is 642 Å². The first-order chi connectivity index (χ1) is 53.9. The van der Waals surface area contributed by atoms with Gasteiger partial charge in [0.2, 0.25) is 0 Å². The van der Waals surface area contributed by atoms with Crippen LogP contribution in [0, 0.1) is 0 Å². The number of rotatable bonds is 13. The van der Waals surface area contributed by atoms with Crippen molar-refractivity contribution in [3.8, 4) is 89.0 Å². The molecule has 0 aliphatic rings. The summed E-state index contributed by atoms with van der Waals surface area (Å²) in [7, 11) is 0. The van der Waals surface area contributed by atoms with Crippen LogP contribution in [0.1, 0.15) is 0 Å². The number of hydrogen-bond donors (Lipinski definition) is 1. The molecule has 0 atom stereocenters. The van der Waals surface area contributed by atoms with E-state index < -0.39 is 0 Å². The molecule has 0 aliphatic heterocycles. The van der Waals surface area contributed by atoms with Crippen LogP contribution in [0.25, 0.3) is 154 Å². The highest BCUT2D eigenvalue weighted by molar-refractivity contribution is 9.10. The standard InChI is InChI=1S/C52H35NO.C40H27NO.C12H9Br/c1-2-11-36(12-3-1)42-15-8-16-45(35-42)53(44-33-29-41(30-34-44)48-20-10-21-50-49-18-6-7-22-51(49)54-52(48)50)43-31-27-38(28-32-43)37-23-25-40(26-24-37)47-19-9-14-39-13-4-5-17-46(39)47;1-2-9-34-29(7-1)8-5-11-35(34)30-17-15-27(16-18-30)28-19-23-32(24-20-28)41-33-25-21-31(22-26-33)36-12-6-13-38-37-10-3-4-14-39(37)42-40(36)38;13-12-8-4-7-11(9-12)10-5-2-1-3-6-10/h1-35H;1-26,41H;1-9H. The van der Waals surface area contributed by atoms with Crippen molar-refractivity contribution in [3.05, 3.63) is 429 Å². The first-order valence-electron chi connectivity index (χ1n) is 36.9. The quantitative estimate of drug-likeness (QED) is 0.125. The Morgan fingerprint density at radius 2 is 0.505 bits per heavy atom. The maximum atomic E-state index is 6.39. The number of nitrogens with zero attached hydrogens (tertiary/aromatic N) is 1. The Balaban J connectivity index is 0.000000134. The van der Waals surface area contributed by atoms with E-state index in [0.29, 0.717) is 0 Å². The van der Waals surface area contributed by atoms with Crippen molar-refractivity contribution in [1.29, 1.82) is 0 Å². The minimum absolute atomic E-state index is 0.908. The third-order valence-electron chi connectivity index (χ3n) is 20.5. The van der Waals surface area contributed by atoms with E-state index in [9.17, 15) is 0 Å². The average Bonchev–Trinajstić information content (AvgIpc) is 1.64. The zero-order chi connectivity index (χ0) is 72.8. The number of hydrogen-bond acceptors (Lipinski definition) is 4. The van der Waals surface area contributed by atoms with E-state index in [4.69, 9.17) is 8.83 Å². The van der Waals surface area contributed by atoms with Crippen LogP contribution in [0.3, 0.4) is 0 Å². The van der Waals surface area contributed by atoms with Crippen molar-refractivity contribution in [1.82, 2.24) is 0 Å². The number of halogens is 1. The molecule has 2 aromatic heterocycles. The summed E-state index contributed by atoms with van der Waals surface area (Å²) in [6.45, 7) is 0. The predicted molar refractivity (Wildman–Crippen MR) is 464 cm³/mol. The molecule has 516 valence electrons. The maximum Gasteiger partial charge on any atom is 0.143 e. The summed E-state index contributed by atoms with van der Waals surface area (Å²) >= 11 is 3.46. The molecule has 0 fully saturated rings. The molecule has 0 spiro atoms. The van der Waals surface area contributed by atoms with Gasteiger partial charge in [0, 0.05) is 65.6 Å². The van der Waals surface area contributed by atoms with E-state index in [1.165, 1.54) is 88.3 Å². The van der Waals surface area contributed by atoms with Gasteiger partial charge in [0.1, 0.15) is 22.3 Å². The molecule has 0 amide bonds. The molecule has 20 rings (SSSR count). The Hall–Kier alpha value is -13.8.